The summed E-state index contributed by atoms with van der Waals surface area (Å²) >= 11 is 5.53. The van der Waals surface area contributed by atoms with Crippen LogP contribution in [0.2, 0.25) is 0 Å². The van der Waals surface area contributed by atoms with Gasteiger partial charge in [0.25, 0.3) is 0 Å². The van der Waals surface area contributed by atoms with Crippen molar-refractivity contribution >= 4 is 21.4 Å². The predicted octanol–water partition coefficient (Wildman–Crippen LogP) is 2.50. The number of benzene rings is 1. The van der Waals surface area contributed by atoms with E-state index < -0.39 is 9.84 Å². The lowest BCUT2D eigenvalue weighted by Gasteiger charge is -2.10. The van der Waals surface area contributed by atoms with Crippen molar-refractivity contribution < 1.29 is 17.9 Å². The summed E-state index contributed by atoms with van der Waals surface area (Å²) in [5.74, 6) is 1.49. The second kappa shape index (κ2) is 6.85. The predicted molar refractivity (Wildman–Crippen MR) is 71.6 cm³/mol. The standard InChI is InChI=1S/C12H17ClO4S/c1-16-11-6-5-10(9-12(11)17-2)18(14,15)8-4-3-7-13/h5-6,9H,3-4,7-8H2,1-2H3. The van der Waals surface area contributed by atoms with Gasteiger partial charge in [-0.2, -0.15) is 0 Å². The first-order chi connectivity index (χ1) is 8.55. The van der Waals surface area contributed by atoms with E-state index in [1.165, 1.54) is 26.4 Å². The number of rotatable bonds is 7. The molecule has 6 heteroatoms. The maximum absolute atomic E-state index is 12.0. The Kier molecular flexibility index (Phi) is 5.75. The third kappa shape index (κ3) is 3.78. The van der Waals surface area contributed by atoms with Crippen molar-refractivity contribution in [3.63, 3.8) is 0 Å². The molecule has 0 saturated heterocycles. The maximum atomic E-state index is 12.0. The van der Waals surface area contributed by atoms with Gasteiger partial charge in [-0.25, -0.2) is 8.42 Å². The van der Waals surface area contributed by atoms with Gasteiger partial charge in [0.2, 0.25) is 0 Å². The minimum atomic E-state index is -3.28. The van der Waals surface area contributed by atoms with Gasteiger partial charge in [-0.05, 0) is 25.0 Å². The number of methoxy groups -OCH3 is 2. The van der Waals surface area contributed by atoms with Gasteiger partial charge in [0.05, 0.1) is 24.9 Å². The summed E-state index contributed by atoms with van der Waals surface area (Å²) in [6, 6.07) is 4.60. The van der Waals surface area contributed by atoms with Crippen LogP contribution in [-0.4, -0.2) is 34.3 Å². The normalized spacial score (nSPS) is 11.3. The number of unbranched alkanes of at least 4 members (excludes halogenated alkanes) is 1. The van der Waals surface area contributed by atoms with E-state index in [-0.39, 0.29) is 10.6 Å². The summed E-state index contributed by atoms with van der Waals surface area (Å²) in [5, 5.41) is 0. The summed E-state index contributed by atoms with van der Waals surface area (Å²) in [6.45, 7) is 0. The molecule has 0 saturated carbocycles. The lowest BCUT2D eigenvalue weighted by atomic mass is 10.3. The molecular formula is C12H17ClO4S. The first-order valence-electron chi connectivity index (χ1n) is 5.56. The van der Waals surface area contributed by atoms with E-state index in [9.17, 15) is 8.42 Å². The first kappa shape index (κ1) is 15.1. The Morgan fingerprint density at radius 1 is 1.11 bits per heavy atom. The summed E-state index contributed by atoms with van der Waals surface area (Å²) in [6.07, 6.45) is 1.24. The number of ether oxygens (including phenoxy) is 2. The Morgan fingerprint density at radius 3 is 2.33 bits per heavy atom. The molecule has 0 unspecified atom stereocenters. The summed E-state index contributed by atoms with van der Waals surface area (Å²) < 4.78 is 34.2. The van der Waals surface area contributed by atoms with Gasteiger partial charge in [-0.15, -0.1) is 11.6 Å². The molecule has 18 heavy (non-hydrogen) atoms. The molecule has 0 aliphatic rings. The minimum Gasteiger partial charge on any atom is -0.493 e. The van der Waals surface area contributed by atoms with E-state index in [1.54, 1.807) is 6.07 Å². The largest absolute Gasteiger partial charge is 0.493 e. The van der Waals surface area contributed by atoms with Gasteiger partial charge in [-0.3, -0.25) is 0 Å². The number of hydrogen-bond acceptors (Lipinski definition) is 4. The van der Waals surface area contributed by atoms with Crippen LogP contribution in [0.4, 0.5) is 0 Å². The highest BCUT2D eigenvalue weighted by Crippen LogP contribution is 2.29. The van der Waals surface area contributed by atoms with Crippen molar-refractivity contribution in [2.75, 3.05) is 25.9 Å². The average molecular weight is 293 g/mol. The minimum absolute atomic E-state index is 0.0925. The lowest BCUT2D eigenvalue weighted by Crippen LogP contribution is -2.07. The fourth-order valence-corrected chi connectivity index (χ4v) is 3.09. The van der Waals surface area contributed by atoms with Gasteiger partial charge in [-0.1, -0.05) is 0 Å². The zero-order chi connectivity index (χ0) is 13.6. The van der Waals surface area contributed by atoms with Crippen LogP contribution in [0, 0.1) is 0 Å². The SMILES string of the molecule is COc1ccc(S(=O)(=O)CCCCCl)cc1OC. The third-order valence-electron chi connectivity index (χ3n) is 2.51. The van der Waals surface area contributed by atoms with Crippen LogP contribution in [0.15, 0.2) is 23.1 Å². The Morgan fingerprint density at radius 2 is 1.78 bits per heavy atom. The smallest absolute Gasteiger partial charge is 0.178 e. The van der Waals surface area contributed by atoms with Crippen molar-refractivity contribution in [2.24, 2.45) is 0 Å². The van der Waals surface area contributed by atoms with Crippen molar-refractivity contribution in [1.82, 2.24) is 0 Å². The van der Waals surface area contributed by atoms with Crippen LogP contribution >= 0.6 is 11.6 Å². The van der Waals surface area contributed by atoms with Crippen LogP contribution in [0.25, 0.3) is 0 Å². The molecule has 1 rings (SSSR count). The fourth-order valence-electron chi connectivity index (χ4n) is 1.51. The number of sulfone groups is 1. The fraction of sp³-hybridized carbons (Fsp3) is 0.500. The number of halogens is 1. The first-order valence-corrected chi connectivity index (χ1v) is 7.74. The molecule has 0 spiro atoms. The molecule has 0 aromatic heterocycles. The van der Waals surface area contributed by atoms with Crippen molar-refractivity contribution in [1.29, 1.82) is 0 Å². The molecule has 0 bridgehead atoms. The van der Waals surface area contributed by atoms with Crippen molar-refractivity contribution in [3.8, 4) is 11.5 Å². The molecular weight excluding hydrogens is 276 g/mol. The van der Waals surface area contributed by atoms with Crippen LogP contribution in [0.1, 0.15) is 12.8 Å². The topological polar surface area (TPSA) is 52.6 Å². The van der Waals surface area contributed by atoms with Gasteiger partial charge in [0.15, 0.2) is 21.3 Å². The summed E-state index contributed by atoms with van der Waals surface area (Å²) in [7, 11) is -0.304. The van der Waals surface area contributed by atoms with Crippen LogP contribution in [0.3, 0.4) is 0 Å². The van der Waals surface area contributed by atoms with E-state index >= 15 is 0 Å². The van der Waals surface area contributed by atoms with E-state index in [4.69, 9.17) is 21.1 Å². The zero-order valence-corrected chi connectivity index (χ0v) is 12.1. The van der Waals surface area contributed by atoms with Gasteiger partial charge in [0, 0.05) is 11.9 Å². The molecule has 0 aliphatic carbocycles. The van der Waals surface area contributed by atoms with Crippen LogP contribution in [-0.2, 0) is 9.84 Å². The molecule has 0 radical (unpaired) electrons. The Bertz CT molecular complexity index is 485. The molecule has 0 fully saturated rings. The van der Waals surface area contributed by atoms with Crippen LogP contribution in [0.5, 0.6) is 11.5 Å². The molecule has 1 aromatic carbocycles. The van der Waals surface area contributed by atoms with E-state index in [0.29, 0.717) is 30.2 Å². The Balaban J connectivity index is 2.95. The highest BCUT2D eigenvalue weighted by Gasteiger charge is 2.16. The molecule has 0 heterocycles. The highest BCUT2D eigenvalue weighted by atomic mass is 35.5. The number of hydrogen-bond donors (Lipinski definition) is 0. The van der Waals surface area contributed by atoms with E-state index in [0.717, 1.165) is 0 Å². The Hall–Kier alpha value is -0.940. The molecule has 102 valence electrons. The molecule has 0 aliphatic heterocycles. The average Bonchev–Trinajstić information content (AvgIpc) is 2.38. The van der Waals surface area contributed by atoms with Gasteiger partial charge < -0.3 is 9.47 Å². The number of alkyl halides is 1. The monoisotopic (exact) mass is 292 g/mol. The van der Waals surface area contributed by atoms with Crippen LogP contribution < -0.4 is 9.47 Å². The molecule has 0 atom stereocenters. The quantitative estimate of drug-likeness (QED) is 0.572. The Labute approximate surface area is 113 Å². The molecule has 0 amide bonds. The van der Waals surface area contributed by atoms with Crippen molar-refractivity contribution in [3.05, 3.63) is 18.2 Å². The van der Waals surface area contributed by atoms with Crippen molar-refractivity contribution in [2.45, 2.75) is 17.7 Å². The van der Waals surface area contributed by atoms with Gasteiger partial charge >= 0.3 is 0 Å². The van der Waals surface area contributed by atoms with Gasteiger partial charge in [0.1, 0.15) is 0 Å². The maximum Gasteiger partial charge on any atom is 0.178 e. The molecule has 1 aromatic rings. The summed E-state index contributed by atoms with van der Waals surface area (Å²) in [5.41, 5.74) is 0. The van der Waals surface area contributed by atoms with E-state index in [1.807, 2.05) is 0 Å². The third-order valence-corrected chi connectivity index (χ3v) is 4.58. The molecule has 0 N–H and O–H groups in total. The summed E-state index contributed by atoms with van der Waals surface area (Å²) in [4.78, 5) is 0.245. The second-order valence-corrected chi connectivity index (χ2v) is 6.22. The highest BCUT2D eigenvalue weighted by molar-refractivity contribution is 7.91. The zero-order valence-electron chi connectivity index (χ0n) is 10.5. The molecule has 4 nitrogen and oxygen atoms in total. The van der Waals surface area contributed by atoms with E-state index in [2.05, 4.69) is 0 Å². The second-order valence-electron chi connectivity index (χ2n) is 3.73. The lowest BCUT2D eigenvalue weighted by molar-refractivity contribution is 0.354.